The molecular formula is C12H30Cl2Si. The minimum atomic E-state index is 0. The molecule has 0 radical (unpaired) electrons. The van der Waals surface area contributed by atoms with E-state index in [1.165, 1.54) is 51.4 Å². The maximum atomic E-state index is 2.29. The summed E-state index contributed by atoms with van der Waals surface area (Å²) in [6.45, 7) is 4.59. The molecule has 0 N–H and O–H groups in total. The molecule has 15 heavy (non-hydrogen) atoms. The van der Waals surface area contributed by atoms with Crippen molar-refractivity contribution >= 4 is 34.3 Å². The molecule has 0 aromatic rings. The van der Waals surface area contributed by atoms with Crippen LogP contribution in [0.25, 0.3) is 0 Å². The first kappa shape index (κ1) is 21.1. The van der Waals surface area contributed by atoms with E-state index in [0.717, 1.165) is 0 Å². The molecule has 0 aromatic heterocycles. The van der Waals surface area contributed by atoms with Crippen LogP contribution in [0.2, 0.25) is 12.1 Å². The van der Waals surface area contributed by atoms with Gasteiger partial charge in [0.1, 0.15) is 0 Å². The van der Waals surface area contributed by atoms with Gasteiger partial charge in [0.25, 0.3) is 0 Å². The van der Waals surface area contributed by atoms with Gasteiger partial charge in [-0.3, -0.25) is 0 Å². The molecule has 0 saturated heterocycles. The summed E-state index contributed by atoms with van der Waals surface area (Å²) < 4.78 is 0. The lowest BCUT2D eigenvalue weighted by atomic mass is 10.2. The van der Waals surface area contributed by atoms with Gasteiger partial charge < -0.3 is 0 Å². The van der Waals surface area contributed by atoms with Gasteiger partial charge in [-0.15, -0.1) is 24.8 Å². The first-order chi connectivity index (χ1) is 6.41. The van der Waals surface area contributed by atoms with Gasteiger partial charge >= 0.3 is 0 Å². The Morgan fingerprint density at radius 3 is 1.33 bits per heavy atom. The van der Waals surface area contributed by atoms with Gasteiger partial charge in [-0.25, -0.2) is 0 Å². The number of hydrogen-bond donors (Lipinski definition) is 0. The van der Waals surface area contributed by atoms with Crippen molar-refractivity contribution in [3.63, 3.8) is 0 Å². The maximum absolute atomic E-state index is 2.29. The lowest BCUT2D eigenvalue weighted by Crippen LogP contribution is -1.89. The van der Waals surface area contributed by atoms with E-state index in [1.54, 1.807) is 12.1 Å². The predicted octanol–water partition coefficient (Wildman–Crippen LogP) is 5.00. The summed E-state index contributed by atoms with van der Waals surface area (Å²) in [6, 6.07) is 3.23. The molecular weight excluding hydrogens is 243 g/mol. The SMILES string of the molecule is CCCCCC[SiH2]CCCCCC.Cl.Cl. The van der Waals surface area contributed by atoms with Gasteiger partial charge in [0, 0.05) is 9.52 Å². The third-order valence-corrected chi connectivity index (χ3v) is 4.71. The molecule has 0 heterocycles. The fraction of sp³-hybridized carbons (Fsp3) is 1.00. The average molecular weight is 273 g/mol. The fourth-order valence-corrected chi connectivity index (χ4v) is 3.51. The minimum Gasteiger partial charge on any atom is -0.147 e. The van der Waals surface area contributed by atoms with Crippen molar-refractivity contribution in [2.24, 2.45) is 0 Å². The lowest BCUT2D eigenvalue weighted by molar-refractivity contribution is 0.689. The van der Waals surface area contributed by atoms with Crippen LogP contribution in [0.1, 0.15) is 65.2 Å². The monoisotopic (exact) mass is 272 g/mol. The normalized spacial score (nSPS) is 9.20. The van der Waals surface area contributed by atoms with Crippen molar-refractivity contribution in [3.05, 3.63) is 0 Å². The van der Waals surface area contributed by atoms with E-state index in [9.17, 15) is 0 Å². The lowest BCUT2D eigenvalue weighted by Gasteiger charge is -2.00. The third-order valence-electron chi connectivity index (χ3n) is 2.71. The van der Waals surface area contributed by atoms with Crippen LogP contribution >= 0.6 is 24.8 Å². The molecule has 0 spiro atoms. The minimum absolute atomic E-state index is 0. The first-order valence-electron chi connectivity index (χ1n) is 6.41. The number of hydrogen-bond acceptors (Lipinski definition) is 0. The van der Waals surface area contributed by atoms with Crippen LogP contribution in [0.5, 0.6) is 0 Å². The largest absolute Gasteiger partial charge is 0.147 e. The average Bonchev–Trinajstić information content (AvgIpc) is 2.16. The Bertz CT molecular complexity index is 79.7. The van der Waals surface area contributed by atoms with Crippen molar-refractivity contribution in [1.29, 1.82) is 0 Å². The van der Waals surface area contributed by atoms with Gasteiger partial charge in [-0.2, -0.15) is 0 Å². The van der Waals surface area contributed by atoms with E-state index in [2.05, 4.69) is 13.8 Å². The summed E-state index contributed by atoms with van der Waals surface area (Å²) >= 11 is 0. The summed E-state index contributed by atoms with van der Waals surface area (Å²) in [5, 5.41) is 0. The highest BCUT2D eigenvalue weighted by Crippen LogP contribution is 2.06. The Morgan fingerprint density at radius 1 is 0.600 bits per heavy atom. The maximum Gasteiger partial charge on any atom is 0.0197 e. The molecule has 0 aromatic carbocycles. The Balaban J connectivity index is -0.000000720. The highest BCUT2D eigenvalue weighted by molar-refractivity contribution is 6.35. The first-order valence-corrected chi connectivity index (χ1v) is 8.41. The van der Waals surface area contributed by atoms with E-state index in [4.69, 9.17) is 0 Å². The second kappa shape index (κ2) is 20.2. The van der Waals surface area contributed by atoms with Crippen molar-refractivity contribution in [3.8, 4) is 0 Å². The number of rotatable bonds is 10. The van der Waals surface area contributed by atoms with Gasteiger partial charge in [0.15, 0.2) is 0 Å². The van der Waals surface area contributed by atoms with Gasteiger partial charge in [0.2, 0.25) is 0 Å². The zero-order valence-electron chi connectivity index (χ0n) is 10.6. The Hall–Kier alpha value is 0.797. The number of unbranched alkanes of at least 4 members (excludes halogenated alkanes) is 6. The summed E-state index contributed by atoms with van der Waals surface area (Å²) in [5.74, 6) is 0. The zero-order chi connectivity index (χ0) is 9.78. The van der Waals surface area contributed by atoms with Crippen LogP contribution in [0.3, 0.4) is 0 Å². The quantitative estimate of drug-likeness (QED) is 0.388. The molecule has 0 nitrogen and oxygen atoms in total. The Morgan fingerprint density at radius 2 is 1.00 bits per heavy atom. The van der Waals surface area contributed by atoms with Gasteiger partial charge in [0.05, 0.1) is 0 Å². The second-order valence-corrected chi connectivity index (χ2v) is 6.30. The van der Waals surface area contributed by atoms with E-state index < -0.39 is 0 Å². The van der Waals surface area contributed by atoms with Crippen molar-refractivity contribution < 1.29 is 0 Å². The number of halogens is 2. The van der Waals surface area contributed by atoms with Crippen molar-refractivity contribution in [2.75, 3.05) is 0 Å². The topological polar surface area (TPSA) is 0 Å². The van der Waals surface area contributed by atoms with E-state index in [0.29, 0.717) is 9.52 Å². The molecule has 0 fully saturated rings. The molecule has 0 aliphatic heterocycles. The molecule has 0 bridgehead atoms. The summed E-state index contributed by atoms with van der Waals surface area (Å²) in [7, 11) is 0.355. The molecule has 0 atom stereocenters. The van der Waals surface area contributed by atoms with E-state index in [-0.39, 0.29) is 24.8 Å². The Labute approximate surface area is 112 Å². The Kier molecular flexibility index (Phi) is 28.5. The summed E-state index contributed by atoms with van der Waals surface area (Å²) in [5.41, 5.74) is 0. The second-order valence-electron chi connectivity index (χ2n) is 4.18. The third kappa shape index (κ3) is 20.8. The van der Waals surface area contributed by atoms with Crippen LogP contribution in [0, 0.1) is 0 Å². The summed E-state index contributed by atoms with van der Waals surface area (Å²) in [6.07, 6.45) is 11.8. The van der Waals surface area contributed by atoms with E-state index in [1.807, 2.05) is 0 Å². The molecule has 0 unspecified atom stereocenters. The fourth-order valence-electron chi connectivity index (χ4n) is 1.74. The summed E-state index contributed by atoms with van der Waals surface area (Å²) in [4.78, 5) is 0. The predicted molar refractivity (Wildman–Crippen MR) is 80.9 cm³/mol. The smallest absolute Gasteiger partial charge is 0.0197 e. The van der Waals surface area contributed by atoms with Crippen LogP contribution in [0.4, 0.5) is 0 Å². The molecule has 3 heteroatoms. The van der Waals surface area contributed by atoms with Gasteiger partial charge in [-0.1, -0.05) is 77.3 Å². The molecule has 0 rings (SSSR count). The highest BCUT2D eigenvalue weighted by Gasteiger charge is 1.91. The molecule has 0 aliphatic carbocycles. The van der Waals surface area contributed by atoms with E-state index >= 15 is 0 Å². The standard InChI is InChI=1S/C12H28Si.2ClH/c1-3-5-7-9-11-13-12-10-8-6-4-2;;/h3-13H2,1-2H3;2*1H. The molecule has 96 valence electrons. The van der Waals surface area contributed by atoms with Crippen LogP contribution in [-0.4, -0.2) is 9.52 Å². The zero-order valence-corrected chi connectivity index (χ0v) is 13.6. The van der Waals surface area contributed by atoms with Gasteiger partial charge in [-0.05, 0) is 0 Å². The van der Waals surface area contributed by atoms with Crippen LogP contribution < -0.4 is 0 Å². The van der Waals surface area contributed by atoms with Crippen molar-refractivity contribution in [1.82, 2.24) is 0 Å². The molecule has 0 saturated carbocycles. The highest BCUT2D eigenvalue weighted by atomic mass is 35.5. The van der Waals surface area contributed by atoms with Crippen LogP contribution in [-0.2, 0) is 0 Å². The van der Waals surface area contributed by atoms with Crippen molar-refractivity contribution in [2.45, 2.75) is 77.3 Å². The molecule has 0 aliphatic rings. The van der Waals surface area contributed by atoms with Crippen LogP contribution in [0.15, 0.2) is 0 Å². The molecule has 0 amide bonds.